The van der Waals surface area contributed by atoms with Gasteiger partial charge in [-0.1, -0.05) is 13.8 Å². The maximum Gasteiger partial charge on any atom is 0.329 e. The number of nitrogens with one attached hydrogen (secondary N) is 1. The number of rotatable bonds is 10. The molecule has 7 nitrogen and oxygen atoms in total. The summed E-state index contributed by atoms with van der Waals surface area (Å²) in [4.78, 5) is 23.7. The van der Waals surface area contributed by atoms with E-state index in [0.717, 1.165) is 12.8 Å². The van der Waals surface area contributed by atoms with E-state index >= 15 is 0 Å². The van der Waals surface area contributed by atoms with Crippen LogP contribution >= 0.6 is 0 Å². The Kier molecular flexibility index (Phi) is 9.82. The van der Waals surface area contributed by atoms with Crippen LogP contribution < -0.4 is 5.32 Å². The van der Waals surface area contributed by atoms with Crippen molar-refractivity contribution in [3.05, 3.63) is 0 Å². The van der Waals surface area contributed by atoms with Gasteiger partial charge in [0.2, 0.25) is 0 Å². The molecule has 0 aromatic heterocycles. The Hall–Kier alpha value is -1.34. The summed E-state index contributed by atoms with van der Waals surface area (Å²) in [6.45, 7) is 4.20. The minimum absolute atomic E-state index is 0.0839. The van der Waals surface area contributed by atoms with E-state index in [1.54, 1.807) is 4.90 Å². The molecule has 0 heterocycles. The topological polar surface area (TPSA) is 99.1 Å². The van der Waals surface area contributed by atoms with Gasteiger partial charge in [-0.05, 0) is 12.8 Å². The highest BCUT2D eigenvalue weighted by molar-refractivity contribution is 5.74. The number of nitrogens with zero attached hydrogens (tertiary/aromatic N) is 1. The van der Waals surface area contributed by atoms with Gasteiger partial charge in [-0.3, -0.25) is 0 Å². The number of carboxylic acids is 1. The third-order valence-electron chi connectivity index (χ3n) is 2.73. The van der Waals surface area contributed by atoms with E-state index in [9.17, 15) is 9.59 Å². The van der Waals surface area contributed by atoms with E-state index in [2.05, 4.69) is 5.32 Å². The lowest BCUT2D eigenvalue weighted by Gasteiger charge is -2.30. The summed E-state index contributed by atoms with van der Waals surface area (Å²) in [5.74, 6) is -1.04. The number of ether oxygens (including phenoxy) is 1. The van der Waals surface area contributed by atoms with Crippen LogP contribution in [0.25, 0.3) is 0 Å². The number of urea groups is 1. The van der Waals surface area contributed by atoms with Crippen LogP contribution in [0.3, 0.4) is 0 Å². The Morgan fingerprint density at radius 2 is 1.95 bits per heavy atom. The average Bonchev–Trinajstić information content (AvgIpc) is 2.38. The van der Waals surface area contributed by atoms with E-state index in [-0.39, 0.29) is 45.0 Å². The number of aliphatic carboxylic acids is 1. The first-order valence-electron chi connectivity index (χ1n) is 6.51. The molecule has 0 aliphatic carbocycles. The number of hydrogen-bond acceptors (Lipinski definition) is 4. The number of aliphatic hydroxyl groups is 1. The van der Waals surface area contributed by atoms with E-state index in [1.165, 1.54) is 0 Å². The van der Waals surface area contributed by atoms with Gasteiger partial charge in [-0.2, -0.15) is 0 Å². The van der Waals surface area contributed by atoms with Crippen molar-refractivity contribution in [2.45, 2.75) is 32.7 Å². The molecule has 0 aliphatic rings. The zero-order valence-electron chi connectivity index (χ0n) is 11.6. The highest BCUT2D eigenvalue weighted by Crippen LogP contribution is 2.08. The quantitative estimate of drug-likeness (QED) is 0.498. The predicted octanol–water partition coefficient (Wildman–Crippen LogP) is 0.280. The van der Waals surface area contributed by atoms with Crippen LogP contribution in [-0.4, -0.2) is 66.1 Å². The van der Waals surface area contributed by atoms with Crippen LogP contribution in [0, 0.1) is 0 Å². The summed E-state index contributed by atoms with van der Waals surface area (Å²) < 4.78 is 4.82. The van der Waals surface area contributed by atoms with Gasteiger partial charge < -0.3 is 25.2 Å². The molecule has 0 rings (SSSR count). The number of amides is 2. The third-order valence-corrected chi connectivity index (χ3v) is 2.73. The smallest absolute Gasteiger partial charge is 0.329 e. The van der Waals surface area contributed by atoms with E-state index in [0.29, 0.717) is 0 Å². The van der Waals surface area contributed by atoms with Crippen LogP contribution in [-0.2, 0) is 9.53 Å². The first-order valence-corrected chi connectivity index (χ1v) is 6.51. The van der Waals surface area contributed by atoms with Crippen LogP contribution in [0.2, 0.25) is 0 Å². The lowest BCUT2D eigenvalue weighted by Crippen LogP contribution is -2.47. The molecule has 19 heavy (non-hydrogen) atoms. The third kappa shape index (κ3) is 7.63. The van der Waals surface area contributed by atoms with Crippen LogP contribution in [0.15, 0.2) is 0 Å². The van der Waals surface area contributed by atoms with Crippen molar-refractivity contribution in [2.24, 2.45) is 0 Å². The van der Waals surface area contributed by atoms with Gasteiger partial charge in [-0.25, -0.2) is 9.59 Å². The van der Waals surface area contributed by atoms with Crippen LogP contribution in [0.5, 0.6) is 0 Å². The van der Waals surface area contributed by atoms with E-state index in [1.807, 2.05) is 13.8 Å². The largest absolute Gasteiger partial charge is 0.480 e. The lowest BCUT2D eigenvalue weighted by atomic mass is 10.1. The minimum Gasteiger partial charge on any atom is -0.480 e. The zero-order valence-corrected chi connectivity index (χ0v) is 11.6. The average molecular weight is 276 g/mol. The van der Waals surface area contributed by atoms with Gasteiger partial charge >= 0.3 is 12.0 Å². The molecule has 0 unspecified atom stereocenters. The SMILES string of the molecule is CCC(CC)N(CCO)C(=O)NCCOCC(=O)O. The van der Waals surface area contributed by atoms with Crippen molar-refractivity contribution in [1.82, 2.24) is 10.2 Å². The second kappa shape index (κ2) is 10.6. The lowest BCUT2D eigenvalue weighted by molar-refractivity contribution is -0.142. The fraction of sp³-hybridized carbons (Fsp3) is 0.833. The molecule has 0 radical (unpaired) electrons. The van der Waals surface area contributed by atoms with Crippen LogP contribution in [0.4, 0.5) is 4.79 Å². The van der Waals surface area contributed by atoms with Crippen molar-refractivity contribution in [1.29, 1.82) is 0 Å². The Morgan fingerprint density at radius 1 is 1.32 bits per heavy atom. The van der Waals surface area contributed by atoms with Crippen molar-refractivity contribution < 1.29 is 24.5 Å². The van der Waals surface area contributed by atoms with Gasteiger partial charge in [0.25, 0.3) is 0 Å². The second-order valence-corrected chi connectivity index (χ2v) is 4.07. The molecule has 0 aromatic carbocycles. The highest BCUT2D eigenvalue weighted by Gasteiger charge is 2.19. The molecule has 3 N–H and O–H groups in total. The highest BCUT2D eigenvalue weighted by atomic mass is 16.5. The molecule has 0 aromatic rings. The molecular weight excluding hydrogens is 252 g/mol. The van der Waals surface area contributed by atoms with Crippen molar-refractivity contribution in [3.63, 3.8) is 0 Å². The van der Waals surface area contributed by atoms with Gasteiger partial charge in [0.15, 0.2) is 0 Å². The molecule has 2 amide bonds. The van der Waals surface area contributed by atoms with E-state index in [4.69, 9.17) is 14.9 Å². The number of carbonyl (C=O) groups is 2. The fourth-order valence-electron chi connectivity index (χ4n) is 1.78. The van der Waals surface area contributed by atoms with E-state index < -0.39 is 5.97 Å². The normalized spacial score (nSPS) is 10.5. The number of carboxylic acid groups (broad SMARTS) is 1. The van der Waals surface area contributed by atoms with Crippen molar-refractivity contribution >= 4 is 12.0 Å². The zero-order chi connectivity index (χ0) is 14.7. The predicted molar refractivity (Wildman–Crippen MR) is 70.0 cm³/mol. The molecule has 7 heteroatoms. The Balaban J connectivity index is 4.07. The van der Waals surface area contributed by atoms with Gasteiger partial charge in [-0.15, -0.1) is 0 Å². The van der Waals surface area contributed by atoms with Gasteiger partial charge in [0.1, 0.15) is 6.61 Å². The summed E-state index contributed by atoms with van der Waals surface area (Å²) in [6, 6.07) is -0.172. The maximum atomic E-state index is 11.9. The molecule has 112 valence electrons. The Morgan fingerprint density at radius 3 is 2.42 bits per heavy atom. The van der Waals surface area contributed by atoms with Crippen molar-refractivity contribution in [3.8, 4) is 0 Å². The number of aliphatic hydroxyl groups excluding tert-OH is 1. The summed E-state index contributed by atoms with van der Waals surface area (Å²) in [5.41, 5.74) is 0. The summed E-state index contributed by atoms with van der Waals surface area (Å²) in [5, 5.41) is 20.0. The first-order chi connectivity index (χ1) is 9.06. The molecule has 0 bridgehead atoms. The monoisotopic (exact) mass is 276 g/mol. The molecule has 0 atom stereocenters. The Labute approximate surface area is 113 Å². The molecule has 0 saturated heterocycles. The summed E-state index contributed by atoms with van der Waals surface area (Å²) >= 11 is 0. The molecule has 0 spiro atoms. The standard InChI is InChI=1S/C12H24N2O5/c1-3-10(4-2)14(6-7-15)12(18)13-5-8-19-9-11(16)17/h10,15H,3-9H2,1-2H3,(H,13,18)(H,16,17). The van der Waals surface area contributed by atoms with Gasteiger partial charge in [0.05, 0.1) is 13.2 Å². The minimum atomic E-state index is -1.04. The van der Waals surface area contributed by atoms with Crippen molar-refractivity contribution in [2.75, 3.05) is 32.9 Å². The summed E-state index contributed by atoms with van der Waals surface area (Å²) in [6.07, 6.45) is 1.64. The number of hydrogen-bond donors (Lipinski definition) is 3. The molecule has 0 aliphatic heterocycles. The molecular formula is C12H24N2O5. The first kappa shape index (κ1) is 17.7. The second-order valence-electron chi connectivity index (χ2n) is 4.07. The molecule has 0 fully saturated rings. The fourth-order valence-corrected chi connectivity index (χ4v) is 1.78. The molecule has 0 saturated carbocycles. The maximum absolute atomic E-state index is 11.9. The van der Waals surface area contributed by atoms with Crippen LogP contribution in [0.1, 0.15) is 26.7 Å². The Bertz CT molecular complexity index is 269. The van der Waals surface area contributed by atoms with Gasteiger partial charge in [0, 0.05) is 19.1 Å². The number of carbonyl (C=O) groups excluding carboxylic acids is 1. The summed E-state index contributed by atoms with van der Waals surface area (Å²) in [7, 11) is 0.